The molecule has 0 N–H and O–H groups in total. The monoisotopic (exact) mass is 361 g/mol. The third-order valence-corrected chi connectivity index (χ3v) is 8.28. The van der Waals surface area contributed by atoms with E-state index in [1.165, 1.54) is 49.2 Å². The molecule has 6 atom stereocenters. The van der Waals surface area contributed by atoms with Crippen molar-refractivity contribution in [3.63, 3.8) is 0 Å². The molecule has 142 valence electrons. The molecule has 2 aliphatic rings. The molecule has 2 aliphatic carbocycles. The van der Waals surface area contributed by atoms with E-state index >= 15 is 0 Å². The van der Waals surface area contributed by atoms with Crippen molar-refractivity contribution in [3.05, 3.63) is 16.1 Å². The summed E-state index contributed by atoms with van der Waals surface area (Å²) in [5, 5.41) is 3.89. The van der Waals surface area contributed by atoms with E-state index in [9.17, 15) is 0 Å². The van der Waals surface area contributed by atoms with Crippen molar-refractivity contribution in [2.45, 2.75) is 91.9 Å². The Balaban J connectivity index is 1.82. The summed E-state index contributed by atoms with van der Waals surface area (Å²) in [7, 11) is 0. The zero-order valence-electron chi connectivity index (χ0n) is 17.3. The van der Waals surface area contributed by atoms with Crippen molar-refractivity contribution >= 4 is 11.3 Å². The van der Waals surface area contributed by atoms with E-state index in [2.05, 4.69) is 46.9 Å². The fourth-order valence-corrected chi connectivity index (χ4v) is 6.74. The van der Waals surface area contributed by atoms with Gasteiger partial charge in [-0.1, -0.05) is 54.4 Å². The lowest BCUT2D eigenvalue weighted by molar-refractivity contribution is 0.190. The van der Waals surface area contributed by atoms with Crippen molar-refractivity contribution < 1.29 is 0 Å². The summed E-state index contributed by atoms with van der Waals surface area (Å²) in [5.74, 6) is 6.37. The average Bonchev–Trinajstić information content (AvgIpc) is 3.03. The zero-order chi connectivity index (χ0) is 18.1. The second kappa shape index (κ2) is 8.11. The van der Waals surface area contributed by atoms with Crippen LogP contribution < -0.4 is 0 Å². The molecular formula is C23H39NS. The molecule has 1 aromatic heterocycles. The number of hydrogen-bond donors (Lipinski definition) is 0. The van der Waals surface area contributed by atoms with Crippen LogP contribution in [0, 0.1) is 35.5 Å². The van der Waals surface area contributed by atoms with Gasteiger partial charge in [0.1, 0.15) is 0 Å². The molecule has 2 heteroatoms. The maximum absolute atomic E-state index is 5.31. The Labute approximate surface area is 160 Å². The fraction of sp³-hybridized carbons (Fsp3) is 0.870. The van der Waals surface area contributed by atoms with E-state index in [0.29, 0.717) is 11.8 Å². The minimum atomic E-state index is 0.701. The summed E-state index contributed by atoms with van der Waals surface area (Å²) >= 11 is 1.98. The minimum absolute atomic E-state index is 0.701. The van der Waals surface area contributed by atoms with Crippen LogP contribution in [0.2, 0.25) is 0 Å². The van der Waals surface area contributed by atoms with Gasteiger partial charge in [-0.15, -0.1) is 11.3 Å². The van der Waals surface area contributed by atoms with Crippen molar-refractivity contribution in [3.8, 4) is 0 Å². The van der Waals surface area contributed by atoms with Gasteiger partial charge in [-0.25, -0.2) is 4.98 Å². The Kier molecular flexibility index (Phi) is 6.29. The van der Waals surface area contributed by atoms with Gasteiger partial charge in [-0.05, 0) is 61.2 Å². The molecule has 0 aromatic carbocycles. The SMILES string of the molecule is CC1CCC(C(C)C)C(c2csc(C3CC(C)CCC3C(C)C)n2)C1. The van der Waals surface area contributed by atoms with E-state index in [1.54, 1.807) is 0 Å². The normalized spacial score (nSPS) is 37.0. The van der Waals surface area contributed by atoms with E-state index in [0.717, 1.165) is 35.5 Å². The lowest BCUT2D eigenvalue weighted by Gasteiger charge is -2.37. The van der Waals surface area contributed by atoms with Crippen LogP contribution in [-0.2, 0) is 0 Å². The summed E-state index contributed by atoms with van der Waals surface area (Å²) in [6.07, 6.45) is 8.31. The lowest BCUT2D eigenvalue weighted by Crippen LogP contribution is -2.27. The van der Waals surface area contributed by atoms with Crippen molar-refractivity contribution in [1.29, 1.82) is 0 Å². The molecular weight excluding hydrogens is 322 g/mol. The average molecular weight is 362 g/mol. The number of thiazole rings is 1. The molecule has 25 heavy (non-hydrogen) atoms. The first-order chi connectivity index (χ1) is 11.9. The Bertz CT molecular complexity index is 500. The summed E-state index contributed by atoms with van der Waals surface area (Å²) in [4.78, 5) is 5.31. The summed E-state index contributed by atoms with van der Waals surface area (Å²) in [6, 6.07) is 0. The largest absolute Gasteiger partial charge is 0.246 e. The second-order valence-electron chi connectivity index (χ2n) is 9.98. The quantitative estimate of drug-likeness (QED) is 0.541. The lowest BCUT2D eigenvalue weighted by atomic mass is 9.69. The third-order valence-electron chi connectivity index (χ3n) is 7.28. The predicted octanol–water partition coefficient (Wildman–Crippen LogP) is 7.49. The predicted molar refractivity (Wildman–Crippen MR) is 110 cm³/mol. The van der Waals surface area contributed by atoms with Gasteiger partial charge in [0, 0.05) is 17.2 Å². The smallest absolute Gasteiger partial charge is 0.0962 e. The van der Waals surface area contributed by atoms with E-state index < -0.39 is 0 Å². The first-order valence-electron chi connectivity index (χ1n) is 10.8. The van der Waals surface area contributed by atoms with E-state index in [-0.39, 0.29) is 0 Å². The van der Waals surface area contributed by atoms with Gasteiger partial charge in [0.2, 0.25) is 0 Å². The van der Waals surface area contributed by atoms with E-state index in [4.69, 9.17) is 4.98 Å². The van der Waals surface area contributed by atoms with Gasteiger partial charge < -0.3 is 0 Å². The highest BCUT2D eigenvalue weighted by atomic mass is 32.1. The van der Waals surface area contributed by atoms with Crippen molar-refractivity contribution in [2.24, 2.45) is 35.5 Å². The minimum Gasteiger partial charge on any atom is -0.246 e. The number of rotatable bonds is 4. The highest BCUT2D eigenvalue weighted by Crippen LogP contribution is 2.48. The maximum atomic E-state index is 5.31. The van der Waals surface area contributed by atoms with Gasteiger partial charge in [0.25, 0.3) is 0 Å². The number of hydrogen-bond acceptors (Lipinski definition) is 2. The van der Waals surface area contributed by atoms with Crippen molar-refractivity contribution in [1.82, 2.24) is 4.98 Å². The highest BCUT2D eigenvalue weighted by molar-refractivity contribution is 7.09. The molecule has 3 rings (SSSR count). The van der Waals surface area contributed by atoms with Crippen LogP contribution in [0.15, 0.2) is 5.38 Å². The standard InChI is InChI=1S/C23H39NS/c1-14(2)18-9-7-16(5)11-20(18)22-13-25-23(24-22)21-12-17(6)8-10-19(21)15(3)4/h13-21H,7-12H2,1-6H3. The Morgan fingerprint density at radius 2 is 1.36 bits per heavy atom. The summed E-state index contributed by atoms with van der Waals surface area (Å²) in [6.45, 7) is 14.5. The molecule has 2 fully saturated rings. The molecule has 0 saturated heterocycles. The van der Waals surface area contributed by atoms with Crippen LogP contribution in [0.3, 0.4) is 0 Å². The summed E-state index contributed by atoms with van der Waals surface area (Å²) < 4.78 is 0. The van der Waals surface area contributed by atoms with Gasteiger partial charge in [-0.3, -0.25) is 0 Å². The highest BCUT2D eigenvalue weighted by Gasteiger charge is 2.36. The topological polar surface area (TPSA) is 12.9 Å². The Morgan fingerprint density at radius 3 is 1.92 bits per heavy atom. The van der Waals surface area contributed by atoms with E-state index in [1.807, 2.05) is 11.3 Å². The van der Waals surface area contributed by atoms with Crippen LogP contribution >= 0.6 is 11.3 Å². The second-order valence-corrected chi connectivity index (χ2v) is 10.9. The molecule has 6 unspecified atom stereocenters. The molecule has 1 aromatic rings. The van der Waals surface area contributed by atoms with Crippen LogP contribution in [0.5, 0.6) is 0 Å². The number of nitrogens with zero attached hydrogens (tertiary/aromatic N) is 1. The van der Waals surface area contributed by atoms with Crippen LogP contribution in [0.25, 0.3) is 0 Å². The molecule has 1 heterocycles. The summed E-state index contributed by atoms with van der Waals surface area (Å²) in [5.41, 5.74) is 1.44. The molecule has 0 radical (unpaired) electrons. The van der Waals surface area contributed by atoms with Gasteiger partial charge >= 0.3 is 0 Å². The van der Waals surface area contributed by atoms with Gasteiger partial charge in [0.05, 0.1) is 10.7 Å². The van der Waals surface area contributed by atoms with Crippen LogP contribution in [-0.4, -0.2) is 4.98 Å². The maximum Gasteiger partial charge on any atom is 0.0962 e. The molecule has 0 aliphatic heterocycles. The number of aromatic nitrogens is 1. The first-order valence-corrected chi connectivity index (χ1v) is 11.7. The third kappa shape index (κ3) is 4.31. The molecule has 2 saturated carbocycles. The Hall–Kier alpha value is -0.370. The molecule has 1 nitrogen and oxygen atoms in total. The van der Waals surface area contributed by atoms with Gasteiger partial charge in [0.15, 0.2) is 0 Å². The van der Waals surface area contributed by atoms with Gasteiger partial charge in [-0.2, -0.15) is 0 Å². The molecule has 0 amide bonds. The molecule has 0 spiro atoms. The first kappa shape index (κ1) is 19.4. The molecule has 0 bridgehead atoms. The van der Waals surface area contributed by atoms with Crippen molar-refractivity contribution in [2.75, 3.05) is 0 Å². The van der Waals surface area contributed by atoms with Crippen LogP contribution in [0.1, 0.15) is 103 Å². The van der Waals surface area contributed by atoms with Crippen LogP contribution in [0.4, 0.5) is 0 Å². The Morgan fingerprint density at radius 1 is 0.840 bits per heavy atom. The fourth-order valence-electron chi connectivity index (χ4n) is 5.67. The zero-order valence-corrected chi connectivity index (χ0v) is 18.1.